The van der Waals surface area contributed by atoms with E-state index in [2.05, 4.69) is 6.07 Å². The number of Topliss-reactive ketones (excluding diaryl/α,β-unsaturated/α-hetero) is 1. The highest BCUT2D eigenvalue weighted by Crippen LogP contribution is 2.17. The Hall–Kier alpha value is -1.10. The van der Waals surface area contributed by atoms with Crippen LogP contribution in [0.2, 0.25) is 0 Å². The van der Waals surface area contributed by atoms with E-state index in [9.17, 15) is 4.79 Å². The number of rotatable bonds is 2. The molecule has 0 aromatic heterocycles. The molecule has 12 heavy (non-hydrogen) atoms. The van der Waals surface area contributed by atoms with Gasteiger partial charge in [0.1, 0.15) is 0 Å². The minimum absolute atomic E-state index is 0.253. The Labute approximate surface area is 72.9 Å². The Morgan fingerprint density at radius 2 is 2.33 bits per heavy atom. The van der Waals surface area contributed by atoms with Crippen molar-refractivity contribution in [2.75, 3.05) is 0 Å². The van der Waals surface area contributed by atoms with Crippen LogP contribution in [0.1, 0.15) is 38.5 Å². The summed E-state index contributed by atoms with van der Waals surface area (Å²) >= 11 is 0. The van der Waals surface area contributed by atoms with E-state index in [1.165, 1.54) is 0 Å². The third kappa shape index (κ3) is 2.50. The van der Waals surface area contributed by atoms with Crippen molar-refractivity contribution >= 4 is 5.78 Å². The monoisotopic (exact) mass is 163 g/mol. The Morgan fingerprint density at radius 1 is 1.50 bits per heavy atom. The summed E-state index contributed by atoms with van der Waals surface area (Å²) in [5.74, 6) is 0.253. The van der Waals surface area contributed by atoms with Crippen LogP contribution in [0.25, 0.3) is 0 Å². The number of carbonyl (C=O) groups excluding carboxylic acids is 1. The van der Waals surface area contributed by atoms with Crippen molar-refractivity contribution in [2.45, 2.75) is 38.5 Å². The summed E-state index contributed by atoms with van der Waals surface area (Å²) in [6, 6.07) is 2.06. The first-order valence-electron chi connectivity index (χ1n) is 4.44. The number of allylic oxidation sites excluding steroid dienone is 2. The second-order valence-electron chi connectivity index (χ2n) is 3.06. The number of hydrogen-bond acceptors (Lipinski definition) is 2. The molecule has 2 heteroatoms. The molecule has 0 aromatic carbocycles. The predicted molar refractivity (Wildman–Crippen MR) is 46.4 cm³/mol. The van der Waals surface area contributed by atoms with Crippen molar-refractivity contribution < 1.29 is 4.79 Å². The molecule has 0 heterocycles. The zero-order valence-corrected chi connectivity index (χ0v) is 7.18. The van der Waals surface area contributed by atoms with Crippen molar-refractivity contribution in [1.82, 2.24) is 0 Å². The molecule has 1 aliphatic rings. The van der Waals surface area contributed by atoms with Gasteiger partial charge in [0.25, 0.3) is 0 Å². The van der Waals surface area contributed by atoms with E-state index < -0.39 is 0 Å². The van der Waals surface area contributed by atoms with Gasteiger partial charge in [0.15, 0.2) is 5.78 Å². The van der Waals surface area contributed by atoms with Crippen molar-refractivity contribution in [2.24, 2.45) is 0 Å². The molecule has 0 aromatic rings. The Balaban J connectivity index is 2.52. The van der Waals surface area contributed by atoms with E-state index in [0.29, 0.717) is 19.3 Å². The first kappa shape index (κ1) is 8.99. The van der Waals surface area contributed by atoms with E-state index in [4.69, 9.17) is 5.26 Å². The predicted octanol–water partition coefficient (Wildman–Crippen LogP) is 2.36. The van der Waals surface area contributed by atoms with Crippen LogP contribution in [-0.2, 0) is 4.79 Å². The van der Waals surface area contributed by atoms with Gasteiger partial charge in [0.2, 0.25) is 0 Å². The van der Waals surface area contributed by atoms with Crippen LogP contribution in [0, 0.1) is 11.3 Å². The number of nitriles is 1. The van der Waals surface area contributed by atoms with Gasteiger partial charge in [-0.15, -0.1) is 0 Å². The van der Waals surface area contributed by atoms with Gasteiger partial charge in [0.05, 0.1) is 6.07 Å². The Kier molecular flexibility index (Phi) is 3.53. The van der Waals surface area contributed by atoms with E-state index in [-0.39, 0.29) is 5.78 Å². The first-order valence-corrected chi connectivity index (χ1v) is 4.44. The molecule has 64 valence electrons. The van der Waals surface area contributed by atoms with Crippen LogP contribution in [0.5, 0.6) is 0 Å². The fraction of sp³-hybridized carbons (Fsp3) is 0.600. The lowest BCUT2D eigenvalue weighted by Crippen LogP contribution is -2.00. The summed E-state index contributed by atoms with van der Waals surface area (Å²) in [4.78, 5) is 11.3. The third-order valence-electron chi connectivity index (χ3n) is 2.11. The van der Waals surface area contributed by atoms with Gasteiger partial charge < -0.3 is 0 Å². The molecule has 0 bridgehead atoms. The summed E-state index contributed by atoms with van der Waals surface area (Å²) in [5.41, 5.74) is 0.883. The van der Waals surface area contributed by atoms with E-state index in [1.54, 1.807) is 0 Å². The first-order chi connectivity index (χ1) is 5.84. The highest BCUT2D eigenvalue weighted by Gasteiger charge is 2.11. The smallest absolute Gasteiger partial charge is 0.158 e. The molecular weight excluding hydrogens is 150 g/mol. The lowest BCUT2D eigenvalue weighted by atomic mass is 10.0. The standard InChI is InChI=1S/C10H13NO/c11-8-4-6-9-5-2-1-3-7-10(9)12/h5H,1-4,6-7H2. The van der Waals surface area contributed by atoms with Crippen LogP contribution >= 0.6 is 0 Å². The number of hydrogen-bond donors (Lipinski definition) is 0. The summed E-state index contributed by atoms with van der Waals surface area (Å²) in [6.45, 7) is 0. The fourth-order valence-corrected chi connectivity index (χ4v) is 1.41. The maximum Gasteiger partial charge on any atom is 0.158 e. The normalized spacial score (nSPS) is 17.9. The van der Waals surface area contributed by atoms with E-state index >= 15 is 0 Å². The molecule has 0 N–H and O–H groups in total. The third-order valence-corrected chi connectivity index (χ3v) is 2.11. The molecule has 1 aliphatic carbocycles. The molecule has 0 amide bonds. The summed E-state index contributed by atoms with van der Waals surface area (Å²) in [5, 5.41) is 8.36. The lowest BCUT2D eigenvalue weighted by molar-refractivity contribution is -0.115. The molecule has 1 rings (SSSR count). The number of carbonyl (C=O) groups is 1. The van der Waals surface area contributed by atoms with Crippen LogP contribution in [-0.4, -0.2) is 5.78 Å². The van der Waals surface area contributed by atoms with Gasteiger partial charge in [-0.3, -0.25) is 4.79 Å². The van der Waals surface area contributed by atoms with Crippen LogP contribution in [0.4, 0.5) is 0 Å². The molecule has 0 radical (unpaired) electrons. The maximum atomic E-state index is 11.3. The van der Waals surface area contributed by atoms with Gasteiger partial charge in [-0.1, -0.05) is 6.08 Å². The minimum atomic E-state index is 0.253. The Morgan fingerprint density at radius 3 is 3.08 bits per heavy atom. The van der Waals surface area contributed by atoms with Crippen LogP contribution in [0.3, 0.4) is 0 Å². The maximum absolute atomic E-state index is 11.3. The molecule has 0 atom stereocenters. The molecule has 0 spiro atoms. The highest BCUT2D eigenvalue weighted by atomic mass is 16.1. The van der Waals surface area contributed by atoms with E-state index in [0.717, 1.165) is 24.8 Å². The molecule has 0 saturated heterocycles. The topological polar surface area (TPSA) is 40.9 Å². The molecule has 0 unspecified atom stereocenters. The van der Waals surface area contributed by atoms with Crippen molar-refractivity contribution in [3.63, 3.8) is 0 Å². The zero-order valence-electron chi connectivity index (χ0n) is 7.18. The summed E-state index contributed by atoms with van der Waals surface area (Å²) in [7, 11) is 0. The van der Waals surface area contributed by atoms with Crippen LogP contribution in [0.15, 0.2) is 11.6 Å². The van der Waals surface area contributed by atoms with Gasteiger partial charge in [-0.2, -0.15) is 5.26 Å². The number of nitrogens with zero attached hydrogens (tertiary/aromatic N) is 1. The molecule has 0 fully saturated rings. The van der Waals surface area contributed by atoms with Gasteiger partial charge in [0, 0.05) is 12.8 Å². The highest BCUT2D eigenvalue weighted by molar-refractivity contribution is 5.95. The second kappa shape index (κ2) is 4.71. The SMILES string of the molecule is N#CCCC1=CCCCCC1=O. The van der Waals surface area contributed by atoms with Crippen molar-refractivity contribution in [3.8, 4) is 6.07 Å². The van der Waals surface area contributed by atoms with Gasteiger partial charge in [-0.25, -0.2) is 0 Å². The van der Waals surface area contributed by atoms with Gasteiger partial charge in [-0.05, 0) is 31.3 Å². The lowest BCUT2D eigenvalue weighted by Gasteiger charge is -1.99. The molecule has 2 nitrogen and oxygen atoms in total. The zero-order chi connectivity index (χ0) is 8.81. The second-order valence-corrected chi connectivity index (χ2v) is 3.06. The fourth-order valence-electron chi connectivity index (χ4n) is 1.41. The summed E-state index contributed by atoms with van der Waals surface area (Å²) in [6.07, 6.45) is 6.93. The van der Waals surface area contributed by atoms with Crippen LogP contribution < -0.4 is 0 Å². The van der Waals surface area contributed by atoms with E-state index in [1.807, 2.05) is 6.08 Å². The minimum Gasteiger partial charge on any atom is -0.295 e. The van der Waals surface area contributed by atoms with Crippen molar-refractivity contribution in [3.05, 3.63) is 11.6 Å². The van der Waals surface area contributed by atoms with Gasteiger partial charge >= 0.3 is 0 Å². The quantitative estimate of drug-likeness (QED) is 0.627. The number of ketones is 1. The largest absolute Gasteiger partial charge is 0.295 e. The molecule has 0 saturated carbocycles. The average Bonchev–Trinajstić information content (AvgIpc) is 2.27. The Bertz CT molecular complexity index is 235. The molecule has 0 aliphatic heterocycles. The van der Waals surface area contributed by atoms with Crippen molar-refractivity contribution in [1.29, 1.82) is 5.26 Å². The molecular formula is C10H13NO. The average molecular weight is 163 g/mol. The summed E-state index contributed by atoms with van der Waals surface area (Å²) < 4.78 is 0.